The van der Waals surface area contributed by atoms with Gasteiger partial charge in [-0.15, -0.1) is 0 Å². The second-order valence-corrected chi connectivity index (χ2v) is 6.48. The number of anilines is 1. The molecule has 1 aliphatic rings. The van der Waals surface area contributed by atoms with Crippen molar-refractivity contribution in [3.63, 3.8) is 0 Å². The second-order valence-electron chi connectivity index (χ2n) is 5.50. The van der Waals surface area contributed by atoms with Crippen molar-refractivity contribution < 1.29 is 18.3 Å². The Balaban J connectivity index is 2.18. The van der Waals surface area contributed by atoms with E-state index in [0.29, 0.717) is 5.13 Å². The number of H-pyrrole nitrogens is 1. The molecule has 3 rings (SSSR count). The molecule has 0 spiro atoms. The summed E-state index contributed by atoms with van der Waals surface area (Å²) in [6.07, 6.45) is -2.67. The first-order chi connectivity index (χ1) is 10.9. The normalized spacial score (nSPS) is 15.7. The number of aliphatic hydroxyl groups is 1. The summed E-state index contributed by atoms with van der Waals surface area (Å²) in [5, 5.41) is 9.38. The van der Waals surface area contributed by atoms with Gasteiger partial charge in [-0.05, 0) is 25.7 Å². The van der Waals surface area contributed by atoms with Gasteiger partial charge in [0.1, 0.15) is 0 Å². The van der Waals surface area contributed by atoms with E-state index in [9.17, 15) is 18.0 Å². The van der Waals surface area contributed by atoms with Gasteiger partial charge in [0.2, 0.25) is 0 Å². The lowest BCUT2D eigenvalue weighted by Gasteiger charge is -2.12. The number of halogens is 3. The Bertz CT molecular complexity index is 763. The first-order valence-corrected chi connectivity index (χ1v) is 8.22. The lowest BCUT2D eigenvalue weighted by molar-refractivity contribution is -0.136. The number of rotatable bonds is 4. The maximum Gasteiger partial charge on any atom is 0.418 e. The minimum atomic E-state index is -4.63. The zero-order chi connectivity index (χ0) is 16.6. The lowest BCUT2D eigenvalue weighted by atomic mass is 10.0. The van der Waals surface area contributed by atoms with Crippen molar-refractivity contribution in [2.45, 2.75) is 31.9 Å². The molecule has 9 heteroatoms. The standard InChI is InChI=1S/C14H16F3N3O2S/c15-14(16,17)9-8(4-3-7-21)12(22)18-11-10(9)23-13(19-11)20-5-1-2-6-20/h21H,1-7H2,(H,18,22). The van der Waals surface area contributed by atoms with Crippen LogP contribution in [0.1, 0.15) is 30.4 Å². The third-order valence-electron chi connectivity index (χ3n) is 3.90. The fourth-order valence-electron chi connectivity index (χ4n) is 2.83. The van der Waals surface area contributed by atoms with Crippen molar-refractivity contribution >= 4 is 26.8 Å². The monoisotopic (exact) mass is 347 g/mol. The van der Waals surface area contributed by atoms with Gasteiger partial charge in [0.25, 0.3) is 5.56 Å². The number of nitrogens with one attached hydrogen (secondary N) is 1. The minimum Gasteiger partial charge on any atom is -0.396 e. The van der Waals surface area contributed by atoms with E-state index in [1.54, 1.807) is 0 Å². The number of aliphatic hydroxyl groups excluding tert-OH is 1. The second kappa shape index (κ2) is 6.12. The van der Waals surface area contributed by atoms with Crippen LogP contribution in [0.5, 0.6) is 0 Å². The molecule has 0 amide bonds. The average molecular weight is 347 g/mol. The fourth-order valence-corrected chi connectivity index (χ4v) is 4.00. The summed E-state index contributed by atoms with van der Waals surface area (Å²) in [7, 11) is 0. The van der Waals surface area contributed by atoms with Gasteiger partial charge >= 0.3 is 6.18 Å². The van der Waals surface area contributed by atoms with E-state index < -0.39 is 17.3 Å². The maximum absolute atomic E-state index is 13.5. The van der Waals surface area contributed by atoms with E-state index in [0.717, 1.165) is 37.3 Å². The molecule has 2 aromatic rings. The number of pyridine rings is 1. The fraction of sp³-hybridized carbons (Fsp3) is 0.571. The number of nitrogens with zero attached hydrogens (tertiary/aromatic N) is 2. The number of thiazole rings is 1. The molecule has 0 aromatic carbocycles. The number of fused-ring (bicyclic) bond motifs is 1. The minimum absolute atomic E-state index is 0.0121. The zero-order valence-corrected chi connectivity index (χ0v) is 13.1. The van der Waals surface area contributed by atoms with Crippen molar-refractivity contribution in [3.8, 4) is 0 Å². The van der Waals surface area contributed by atoms with E-state index in [2.05, 4.69) is 9.97 Å². The highest BCUT2D eigenvalue weighted by Crippen LogP contribution is 2.40. The van der Waals surface area contributed by atoms with Gasteiger partial charge in [-0.3, -0.25) is 4.79 Å². The number of alkyl halides is 3. The van der Waals surface area contributed by atoms with E-state index in [-0.39, 0.29) is 35.4 Å². The van der Waals surface area contributed by atoms with Crippen LogP contribution in [0.2, 0.25) is 0 Å². The van der Waals surface area contributed by atoms with Crippen LogP contribution in [0.25, 0.3) is 10.3 Å². The third-order valence-corrected chi connectivity index (χ3v) is 5.03. The van der Waals surface area contributed by atoms with Crippen LogP contribution in [-0.4, -0.2) is 34.8 Å². The SMILES string of the molecule is O=c1[nH]c2nc(N3CCCC3)sc2c(C(F)(F)F)c1CCCO. The molecule has 2 aromatic heterocycles. The molecular weight excluding hydrogens is 331 g/mol. The van der Waals surface area contributed by atoms with Crippen LogP contribution in [0, 0.1) is 0 Å². The average Bonchev–Trinajstić information content (AvgIpc) is 3.11. The number of hydrogen-bond acceptors (Lipinski definition) is 5. The largest absolute Gasteiger partial charge is 0.418 e. The molecule has 0 unspecified atom stereocenters. The Morgan fingerprint density at radius 2 is 2.00 bits per heavy atom. The molecule has 0 aliphatic carbocycles. The van der Waals surface area contributed by atoms with Crippen LogP contribution >= 0.6 is 11.3 Å². The van der Waals surface area contributed by atoms with Crippen LogP contribution < -0.4 is 10.5 Å². The molecule has 0 bridgehead atoms. The van der Waals surface area contributed by atoms with Crippen LogP contribution in [0.4, 0.5) is 18.3 Å². The molecule has 3 heterocycles. The van der Waals surface area contributed by atoms with Crippen molar-refractivity contribution in [1.82, 2.24) is 9.97 Å². The van der Waals surface area contributed by atoms with Crippen molar-refractivity contribution in [2.75, 3.05) is 24.6 Å². The predicted octanol–water partition coefficient (Wildman–Crippen LogP) is 2.53. The van der Waals surface area contributed by atoms with E-state index in [1.165, 1.54) is 0 Å². The van der Waals surface area contributed by atoms with E-state index in [1.807, 2.05) is 4.90 Å². The molecule has 1 aliphatic heterocycles. The Morgan fingerprint density at radius 3 is 2.61 bits per heavy atom. The topological polar surface area (TPSA) is 69.2 Å². The quantitative estimate of drug-likeness (QED) is 0.892. The Hall–Kier alpha value is -1.61. The molecule has 23 heavy (non-hydrogen) atoms. The number of aromatic amines is 1. The molecule has 0 saturated carbocycles. The summed E-state index contributed by atoms with van der Waals surface area (Å²) in [6.45, 7) is 1.27. The first kappa shape index (κ1) is 16.3. The van der Waals surface area contributed by atoms with E-state index in [4.69, 9.17) is 5.11 Å². The maximum atomic E-state index is 13.5. The number of aromatic nitrogens is 2. The highest BCUT2D eigenvalue weighted by molar-refractivity contribution is 7.22. The Kier molecular flexibility index (Phi) is 4.33. The predicted molar refractivity (Wildman–Crippen MR) is 82.1 cm³/mol. The molecule has 1 saturated heterocycles. The summed E-state index contributed by atoms with van der Waals surface area (Å²) in [5.41, 5.74) is -2.03. The third kappa shape index (κ3) is 3.07. The van der Waals surface area contributed by atoms with Crippen LogP contribution in [-0.2, 0) is 12.6 Å². The highest BCUT2D eigenvalue weighted by atomic mass is 32.1. The van der Waals surface area contributed by atoms with Gasteiger partial charge < -0.3 is 15.0 Å². The summed E-state index contributed by atoms with van der Waals surface area (Å²) >= 11 is 0.967. The molecule has 5 nitrogen and oxygen atoms in total. The van der Waals surface area contributed by atoms with E-state index >= 15 is 0 Å². The van der Waals surface area contributed by atoms with Crippen molar-refractivity contribution in [1.29, 1.82) is 0 Å². The molecule has 0 atom stereocenters. The molecule has 2 N–H and O–H groups in total. The van der Waals surface area contributed by atoms with Crippen LogP contribution in [0.15, 0.2) is 4.79 Å². The molecule has 1 fully saturated rings. The highest BCUT2D eigenvalue weighted by Gasteiger charge is 2.38. The van der Waals surface area contributed by atoms with Gasteiger partial charge in [-0.2, -0.15) is 13.2 Å². The molecular formula is C14H16F3N3O2S. The van der Waals surface area contributed by atoms with Gasteiger partial charge in [-0.25, -0.2) is 4.98 Å². The smallest absolute Gasteiger partial charge is 0.396 e. The lowest BCUT2D eigenvalue weighted by Crippen LogP contribution is -2.21. The first-order valence-electron chi connectivity index (χ1n) is 7.40. The van der Waals surface area contributed by atoms with Crippen LogP contribution in [0.3, 0.4) is 0 Å². The Labute approximate surface area is 133 Å². The molecule has 126 valence electrons. The Morgan fingerprint density at radius 1 is 1.30 bits per heavy atom. The van der Waals surface area contributed by atoms with Crippen molar-refractivity contribution in [2.24, 2.45) is 0 Å². The summed E-state index contributed by atoms with van der Waals surface area (Å²) in [6, 6.07) is 0. The summed E-state index contributed by atoms with van der Waals surface area (Å²) in [5.74, 6) is 0. The summed E-state index contributed by atoms with van der Waals surface area (Å²) < 4.78 is 40.5. The van der Waals surface area contributed by atoms with Gasteiger partial charge in [0.05, 0.1) is 10.3 Å². The van der Waals surface area contributed by atoms with Crippen molar-refractivity contribution in [3.05, 3.63) is 21.5 Å². The number of hydrogen-bond donors (Lipinski definition) is 2. The van der Waals surface area contributed by atoms with Gasteiger partial charge in [0, 0.05) is 25.3 Å². The van der Waals surface area contributed by atoms with Gasteiger partial charge in [0.15, 0.2) is 10.8 Å². The zero-order valence-electron chi connectivity index (χ0n) is 12.2. The summed E-state index contributed by atoms with van der Waals surface area (Å²) in [4.78, 5) is 20.6. The molecule has 0 radical (unpaired) electrons. The van der Waals surface area contributed by atoms with Gasteiger partial charge in [-0.1, -0.05) is 11.3 Å².